The van der Waals surface area contributed by atoms with Gasteiger partial charge in [0.25, 0.3) is 0 Å². The summed E-state index contributed by atoms with van der Waals surface area (Å²) in [4.78, 5) is 0. The Kier molecular flexibility index (Phi) is 25.6. The zero-order valence-electron chi connectivity index (χ0n) is 2.34. The van der Waals surface area contributed by atoms with Crippen molar-refractivity contribution in [1.29, 1.82) is 0 Å². The monoisotopic (exact) mass is 333 g/mol. The van der Waals surface area contributed by atoms with Gasteiger partial charge in [0, 0.05) is 0 Å². The van der Waals surface area contributed by atoms with Crippen molar-refractivity contribution in [2.45, 2.75) is 0 Å². The van der Waals surface area contributed by atoms with Crippen molar-refractivity contribution in [2.75, 3.05) is 0 Å². The molecule has 0 radical (unpaired) electrons. The van der Waals surface area contributed by atoms with E-state index >= 15 is 0 Å². The van der Waals surface area contributed by atoms with E-state index in [1.54, 1.807) is 0 Å². The van der Waals surface area contributed by atoms with Gasteiger partial charge in [-0.2, -0.15) is 0 Å². The molecule has 0 heterocycles. The van der Waals surface area contributed by atoms with E-state index < -0.39 is 14.5 Å². The quantitative estimate of drug-likeness (QED) is 0.448. The Labute approximate surface area is 69.6 Å². The van der Waals surface area contributed by atoms with Crippen LogP contribution in [0.3, 0.4) is 0 Å². The smallest absolute Gasteiger partial charge is 1.00 e. The van der Waals surface area contributed by atoms with Gasteiger partial charge in [-0.15, -0.1) is 0 Å². The van der Waals surface area contributed by atoms with Gasteiger partial charge in [0.15, 0.2) is 0 Å². The molecule has 6 heavy (non-hydrogen) atoms. The van der Waals surface area contributed by atoms with E-state index in [-0.39, 0.29) is 43.4 Å². The molecular formula is AgMoO3Se+3. The van der Waals surface area contributed by atoms with Crippen LogP contribution in [0.15, 0.2) is 0 Å². The molecule has 3 nitrogen and oxygen atoms in total. The van der Waals surface area contributed by atoms with E-state index in [1.807, 2.05) is 0 Å². The van der Waals surface area contributed by atoms with Gasteiger partial charge in [-0.05, 0) is 0 Å². The van der Waals surface area contributed by atoms with Crippen LogP contribution in [-0.4, -0.2) is 14.5 Å². The van der Waals surface area contributed by atoms with E-state index in [1.165, 1.54) is 0 Å². The maximum Gasteiger partial charge on any atom is 4.00 e. The first-order valence-corrected chi connectivity index (χ1v) is 2.60. The summed E-state index contributed by atoms with van der Waals surface area (Å²) >= 11 is -3.79. The molecule has 0 N–H and O–H groups in total. The third kappa shape index (κ3) is 44.4. The van der Waals surface area contributed by atoms with Crippen LogP contribution in [0.4, 0.5) is 0 Å². The molecule has 0 aliphatic carbocycles. The Morgan fingerprint density at radius 2 is 1.33 bits per heavy atom. The number of hydrogen-bond acceptors (Lipinski definition) is 3. The van der Waals surface area contributed by atoms with Crippen molar-refractivity contribution in [2.24, 2.45) is 0 Å². The van der Waals surface area contributed by atoms with Gasteiger partial charge in [-0.1, -0.05) is 0 Å². The maximum absolute atomic E-state index is 8.54. The Morgan fingerprint density at radius 1 is 1.33 bits per heavy atom. The SMILES string of the molecule is O=[Se]([O-])[O-].[Ag+].[Mo+4]. The average Bonchev–Trinajstić information content (AvgIpc) is 0.811. The zero-order valence-corrected chi connectivity index (χ0v) is 7.55. The summed E-state index contributed by atoms with van der Waals surface area (Å²) in [5.74, 6) is 0. The second-order valence-corrected chi connectivity index (χ2v) is 1.06. The second-order valence-electron chi connectivity index (χ2n) is 0.204. The minimum atomic E-state index is -3.79. The molecule has 0 saturated carbocycles. The van der Waals surface area contributed by atoms with Crippen LogP contribution in [0.1, 0.15) is 0 Å². The second kappa shape index (κ2) is 9.83. The van der Waals surface area contributed by atoms with Gasteiger partial charge in [0.05, 0.1) is 0 Å². The fourth-order valence-corrected chi connectivity index (χ4v) is 0. The van der Waals surface area contributed by atoms with E-state index in [0.717, 1.165) is 0 Å². The van der Waals surface area contributed by atoms with Crippen LogP contribution in [-0.2, 0) is 47.3 Å². The molecule has 6 heteroatoms. The molecule has 0 spiro atoms. The third-order valence-corrected chi connectivity index (χ3v) is 0. The standard InChI is InChI=1S/Ag.Mo.H2O3Se/c;;1-4(2)3/h;;(H2,1,2,3)/q+1;+4;/p-2. The summed E-state index contributed by atoms with van der Waals surface area (Å²) < 4.78 is 25.6. The fraction of sp³-hybridized carbons (Fsp3) is 0. The third-order valence-electron chi connectivity index (χ3n) is 0. The van der Waals surface area contributed by atoms with Gasteiger partial charge in [-0.25, -0.2) is 0 Å². The van der Waals surface area contributed by atoms with Gasteiger partial charge in [-0.3, -0.25) is 0 Å². The van der Waals surface area contributed by atoms with Crippen LogP contribution in [0, 0.1) is 0 Å². The Balaban J connectivity index is -0.0000000450. The van der Waals surface area contributed by atoms with Crippen LogP contribution >= 0.6 is 0 Å². The molecule has 0 saturated heterocycles. The Hall–Kier alpha value is 1.67. The van der Waals surface area contributed by atoms with Crippen LogP contribution < -0.4 is 8.38 Å². The Morgan fingerprint density at radius 3 is 1.33 bits per heavy atom. The van der Waals surface area contributed by atoms with E-state index in [2.05, 4.69) is 0 Å². The minimum Gasteiger partial charge on any atom is 1.00 e. The zero-order chi connectivity index (χ0) is 3.58. The van der Waals surface area contributed by atoms with Crippen LogP contribution in [0.5, 0.6) is 0 Å². The molecule has 38 valence electrons. The van der Waals surface area contributed by atoms with Gasteiger partial charge >= 0.3 is 70.2 Å². The van der Waals surface area contributed by atoms with E-state index in [4.69, 9.17) is 12.2 Å². The van der Waals surface area contributed by atoms with E-state index in [9.17, 15) is 0 Å². The molecule has 0 aromatic heterocycles. The largest absolute Gasteiger partial charge is 4.00 e. The fourth-order valence-electron chi connectivity index (χ4n) is 0. The molecule has 0 fully saturated rings. The van der Waals surface area contributed by atoms with Crippen molar-refractivity contribution >= 4 is 14.5 Å². The molecule has 0 aliphatic rings. The summed E-state index contributed by atoms with van der Waals surface area (Å²) in [5, 5.41) is 0. The predicted molar refractivity (Wildman–Crippen MR) is 6.44 cm³/mol. The molecule has 0 aromatic rings. The summed E-state index contributed by atoms with van der Waals surface area (Å²) in [6, 6.07) is 0. The first-order valence-electron chi connectivity index (χ1n) is 0.500. The summed E-state index contributed by atoms with van der Waals surface area (Å²) in [6.07, 6.45) is 0. The van der Waals surface area contributed by atoms with Crippen molar-refractivity contribution in [3.63, 3.8) is 0 Å². The van der Waals surface area contributed by atoms with Gasteiger partial charge < -0.3 is 0 Å². The molecular weight excluding hydrogens is 331 g/mol. The van der Waals surface area contributed by atoms with Crippen LogP contribution in [0.2, 0.25) is 0 Å². The van der Waals surface area contributed by atoms with Crippen LogP contribution in [0.25, 0.3) is 0 Å². The van der Waals surface area contributed by atoms with Crippen molar-refractivity contribution < 1.29 is 55.7 Å². The molecule has 0 aliphatic heterocycles. The first kappa shape index (κ1) is 15.6. The molecule has 0 bridgehead atoms. The Bertz CT molecular complexity index is 33.8. The number of rotatable bonds is 0. The normalized spacial score (nSPS) is 5.83. The minimum absolute atomic E-state index is 0. The number of hydrogen-bond donors (Lipinski definition) is 0. The average molecular weight is 331 g/mol. The first-order chi connectivity index (χ1) is 1.73. The van der Waals surface area contributed by atoms with Crippen molar-refractivity contribution in [1.82, 2.24) is 0 Å². The predicted octanol–water partition coefficient (Wildman–Crippen LogP) is -2.88. The van der Waals surface area contributed by atoms with Crippen molar-refractivity contribution in [3.8, 4) is 0 Å². The van der Waals surface area contributed by atoms with E-state index in [0.29, 0.717) is 0 Å². The topological polar surface area (TPSA) is 63.2 Å². The van der Waals surface area contributed by atoms with Crippen molar-refractivity contribution in [3.05, 3.63) is 0 Å². The summed E-state index contributed by atoms with van der Waals surface area (Å²) in [6.45, 7) is 0. The summed E-state index contributed by atoms with van der Waals surface area (Å²) in [5.41, 5.74) is 0. The molecule has 0 atom stereocenters. The molecule has 0 rings (SSSR count). The van der Waals surface area contributed by atoms with Gasteiger partial charge in [0.2, 0.25) is 0 Å². The molecule has 0 unspecified atom stereocenters. The molecule has 0 aromatic carbocycles. The van der Waals surface area contributed by atoms with Gasteiger partial charge in [0.1, 0.15) is 0 Å². The molecule has 0 amide bonds. The maximum atomic E-state index is 8.54. The summed E-state index contributed by atoms with van der Waals surface area (Å²) in [7, 11) is 0.